The largest absolute Gasteiger partial charge is 0.493 e. The zero-order chi connectivity index (χ0) is 15.5. The molecule has 0 amide bonds. The van der Waals surface area contributed by atoms with E-state index in [1.807, 2.05) is 6.07 Å². The van der Waals surface area contributed by atoms with Crippen LogP contribution in [0.1, 0.15) is 5.56 Å². The van der Waals surface area contributed by atoms with Gasteiger partial charge in [0.2, 0.25) is 0 Å². The first-order valence-electron chi connectivity index (χ1n) is 6.28. The van der Waals surface area contributed by atoms with Crippen LogP contribution < -0.4 is 14.2 Å². The number of hydrogen-bond acceptors (Lipinski definition) is 4. The molecular formula is C15H17NO4S. The summed E-state index contributed by atoms with van der Waals surface area (Å²) in [6.07, 6.45) is 0. The van der Waals surface area contributed by atoms with Crippen molar-refractivity contribution >= 4 is 15.7 Å². The van der Waals surface area contributed by atoms with Crippen molar-refractivity contribution in [3.63, 3.8) is 0 Å². The highest BCUT2D eigenvalue weighted by Crippen LogP contribution is 2.33. The molecule has 1 N–H and O–H groups in total. The Morgan fingerprint density at radius 3 is 2.10 bits per heavy atom. The zero-order valence-electron chi connectivity index (χ0n) is 12.1. The summed E-state index contributed by atoms with van der Waals surface area (Å²) in [6, 6.07) is 11.8. The fourth-order valence-corrected chi connectivity index (χ4v) is 3.27. The summed E-state index contributed by atoms with van der Waals surface area (Å²) >= 11 is 0. The Hall–Kier alpha value is -2.21. The third-order valence-electron chi connectivity index (χ3n) is 3.00. The van der Waals surface area contributed by atoms with Crippen molar-refractivity contribution in [1.29, 1.82) is 0 Å². The van der Waals surface area contributed by atoms with Gasteiger partial charge in [-0.3, -0.25) is 4.72 Å². The number of benzene rings is 2. The van der Waals surface area contributed by atoms with Crippen molar-refractivity contribution in [2.75, 3.05) is 18.9 Å². The van der Waals surface area contributed by atoms with E-state index in [1.54, 1.807) is 37.3 Å². The molecule has 112 valence electrons. The van der Waals surface area contributed by atoms with Crippen LogP contribution in [0.3, 0.4) is 0 Å². The van der Waals surface area contributed by atoms with Crippen LogP contribution in [0.5, 0.6) is 11.5 Å². The lowest BCUT2D eigenvalue weighted by molar-refractivity contribution is 0.353. The van der Waals surface area contributed by atoms with Crippen molar-refractivity contribution in [3.8, 4) is 11.5 Å². The van der Waals surface area contributed by atoms with E-state index in [1.165, 1.54) is 20.3 Å². The quantitative estimate of drug-likeness (QED) is 0.922. The molecule has 0 aliphatic rings. The number of para-hydroxylation sites is 1. The number of aryl methyl sites for hydroxylation is 1. The molecule has 0 atom stereocenters. The molecule has 0 aliphatic carbocycles. The van der Waals surface area contributed by atoms with Crippen molar-refractivity contribution < 1.29 is 17.9 Å². The molecule has 0 aromatic heterocycles. The Morgan fingerprint density at radius 2 is 1.52 bits per heavy atom. The average Bonchev–Trinajstić information content (AvgIpc) is 2.47. The molecule has 2 rings (SSSR count). The second-order valence-corrected chi connectivity index (χ2v) is 6.10. The van der Waals surface area contributed by atoms with Crippen LogP contribution in [0.2, 0.25) is 0 Å². The van der Waals surface area contributed by atoms with Crippen molar-refractivity contribution in [2.45, 2.75) is 11.8 Å². The lowest BCUT2D eigenvalue weighted by Crippen LogP contribution is -2.14. The van der Waals surface area contributed by atoms with Crippen molar-refractivity contribution in [2.24, 2.45) is 0 Å². The molecule has 6 heteroatoms. The molecule has 0 radical (unpaired) electrons. The van der Waals surface area contributed by atoms with E-state index in [9.17, 15) is 8.42 Å². The zero-order valence-corrected chi connectivity index (χ0v) is 12.9. The van der Waals surface area contributed by atoms with E-state index in [4.69, 9.17) is 9.47 Å². The number of anilines is 1. The minimum atomic E-state index is -3.69. The fraction of sp³-hybridized carbons (Fsp3) is 0.200. The molecule has 5 nitrogen and oxygen atoms in total. The first kappa shape index (κ1) is 15.2. The number of hydrogen-bond donors (Lipinski definition) is 1. The number of rotatable bonds is 5. The highest BCUT2D eigenvalue weighted by atomic mass is 32.2. The second-order valence-electron chi connectivity index (χ2n) is 4.44. The summed E-state index contributed by atoms with van der Waals surface area (Å²) in [5.74, 6) is 0.866. The minimum Gasteiger partial charge on any atom is -0.493 e. The molecule has 0 heterocycles. The standard InChI is InChI=1S/C15H17NO4S/c1-11-9-13(19-2)14(20-3)10-15(11)21(17,18)16-12-7-5-4-6-8-12/h4-10,16H,1-3H3. The van der Waals surface area contributed by atoms with Crippen LogP contribution >= 0.6 is 0 Å². The maximum Gasteiger partial charge on any atom is 0.262 e. The lowest BCUT2D eigenvalue weighted by Gasteiger charge is -2.14. The van der Waals surface area contributed by atoms with Gasteiger partial charge in [0.1, 0.15) is 0 Å². The summed E-state index contributed by atoms with van der Waals surface area (Å²) in [4.78, 5) is 0.156. The Bertz CT molecular complexity index is 727. The third kappa shape index (κ3) is 3.28. The number of nitrogens with one attached hydrogen (secondary N) is 1. The van der Waals surface area contributed by atoms with E-state index in [-0.39, 0.29) is 4.90 Å². The Balaban J connectivity index is 2.45. The average molecular weight is 307 g/mol. The normalized spacial score (nSPS) is 11.0. The predicted octanol–water partition coefficient (Wildman–Crippen LogP) is 2.81. The fourth-order valence-electron chi connectivity index (χ4n) is 1.97. The molecule has 21 heavy (non-hydrogen) atoms. The number of methoxy groups -OCH3 is 2. The van der Waals surface area contributed by atoms with E-state index in [0.29, 0.717) is 22.7 Å². The van der Waals surface area contributed by atoms with Gasteiger partial charge in [-0.1, -0.05) is 18.2 Å². The van der Waals surface area contributed by atoms with Gasteiger partial charge >= 0.3 is 0 Å². The van der Waals surface area contributed by atoms with Gasteiger partial charge in [-0.25, -0.2) is 8.42 Å². The molecule has 0 aliphatic heterocycles. The van der Waals surface area contributed by atoms with Gasteiger partial charge in [0, 0.05) is 11.8 Å². The molecule has 2 aromatic rings. The highest BCUT2D eigenvalue weighted by molar-refractivity contribution is 7.92. The number of ether oxygens (including phenoxy) is 2. The van der Waals surface area contributed by atoms with E-state index >= 15 is 0 Å². The Labute approximate surface area is 124 Å². The van der Waals surface area contributed by atoms with Gasteiger partial charge in [0.05, 0.1) is 19.1 Å². The maximum absolute atomic E-state index is 12.5. The van der Waals surface area contributed by atoms with Gasteiger partial charge in [-0.2, -0.15) is 0 Å². The van der Waals surface area contributed by atoms with Crippen LogP contribution in [-0.4, -0.2) is 22.6 Å². The van der Waals surface area contributed by atoms with E-state index in [2.05, 4.69) is 4.72 Å². The maximum atomic E-state index is 12.5. The Morgan fingerprint density at radius 1 is 0.952 bits per heavy atom. The third-order valence-corrected chi connectivity index (χ3v) is 4.52. The van der Waals surface area contributed by atoms with Gasteiger partial charge in [0.15, 0.2) is 11.5 Å². The lowest BCUT2D eigenvalue weighted by atomic mass is 10.2. The minimum absolute atomic E-state index is 0.156. The summed E-state index contributed by atoms with van der Waals surface area (Å²) in [6.45, 7) is 1.71. The summed E-state index contributed by atoms with van der Waals surface area (Å²) < 4.78 is 37.8. The van der Waals surface area contributed by atoms with Crippen molar-refractivity contribution in [3.05, 3.63) is 48.0 Å². The van der Waals surface area contributed by atoms with Gasteiger partial charge in [-0.05, 0) is 30.7 Å². The highest BCUT2D eigenvalue weighted by Gasteiger charge is 2.20. The molecule has 0 saturated carbocycles. The smallest absolute Gasteiger partial charge is 0.262 e. The Kier molecular flexibility index (Phi) is 4.37. The number of sulfonamides is 1. The monoisotopic (exact) mass is 307 g/mol. The molecular weight excluding hydrogens is 290 g/mol. The summed E-state index contributed by atoms with van der Waals surface area (Å²) in [5.41, 5.74) is 1.09. The predicted molar refractivity (Wildman–Crippen MR) is 81.5 cm³/mol. The van der Waals surface area contributed by atoms with Crippen LogP contribution in [-0.2, 0) is 10.0 Å². The van der Waals surface area contributed by atoms with Gasteiger partial charge in [-0.15, -0.1) is 0 Å². The molecule has 0 saturated heterocycles. The molecule has 0 unspecified atom stereocenters. The van der Waals surface area contributed by atoms with Crippen LogP contribution in [0.25, 0.3) is 0 Å². The molecule has 0 fully saturated rings. The first-order valence-corrected chi connectivity index (χ1v) is 7.76. The van der Waals surface area contributed by atoms with Gasteiger partial charge < -0.3 is 9.47 Å². The van der Waals surface area contributed by atoms with E-state index in [0.717, 1.165) is 0 Å². The molecule has 0 spiro atoms. The topological polar surface area (TPSA) is 64.6 Å². The van der Waals surface area contributed by atoms with Crippen molar-refractivity contribution in [1.82, 2.24) is 0 Å². The van der Waals surface area contributed by atoms with Crippen LogP contribution in [0, 0.1) is 6.92 Å². The van der Waals surface area contributed by atoms with Crippen LogP contribution in [0.4, 0.5) is 5.69 Å². The SMILES string of the molecule is COc1cc(C)c(S(=O)(=O)Nc2ccccc2)cc1OC. The summed E-state index contributed by atoms with van der Waals surface area (Å²) in [7, 11) is -0.713. The molecule has 0 bridgehead atoms. The van der Waals surface area contributed by atoms with Crippen LogP contribution in [0.15, 0.2) is 47.4 Å². The first-order chi connectivity index (χ1) is 9.97. The second kappa shape index (κ2) is 6.05. The van der Waals surface area contributed by atoms with Gasteiger partial charge in [0.25, 0.3) is 10.0 Å². The van der Waals surface area contributed by atoms with E-state index < -0.39 is 10.0 Å². The summed E-state index contributed by atoms with van der Waals surface area (Å²) in [5, 5.41) is 0. The molecule has 2 aromatic carbocycles.